The van der Waals surface area contributed by atoms with E-state index in [-0.39, 0.29) is 12.5 Å². The normalized spacial score (nSPS) is 13.9. The quantitative estimate of drug-likeness (QED) is 0.840. The number of aryl methyl sites for hydroxylation is 1. The minimum absolute atomic E-state index is 0.0245. The molecule has 1 amide bonds. The summed E-state index contributed by atoms with van der Waals surface area (Å²) < 4.78 is 5.54. The number of thiazole rings is 1. The van der Waals surface area contributed by atoms with E-state index in [0.29, 0.717) is 0 Å². The lowest BCUT2D eigenvalue weighted by Gasteiger charge is -2.29. The first-order valence-electron chi connectivity index (χ1n) is 7.75. The van der Waals surface area contributed by atoms with Crippen LogP contribution < -0.4 is 9.64 Å². The number of amides is 1. The van der Waals surface area contributed by atoms with Crippen LogP contribution in [0.3, 0.4) is 0 Å². The van der Waals surface area contributed by atoms with Gasteiger partial charge >= 0.3 is 0 Å². The molecular formula is C17H20N2O2S. The van der Waals surface area contributed by atoms with Crippen molar-refractivity contribution in [1.82, 2.24) is 4.98 Å². The monoisotopic (exact) mass is 316 g/mol. The van der Waals surface area contributed by atoms with Gasteiger partial charge in [0.1, 0.15) is 5.75 Å². The van der Waals surface area contributed by atoms with Crippen molar-refractivity contribution in [3.63, 3.8) is 0 Å². The maximum Gasteiger partial charge on any atom is 0.265 e. The van der Waals surface area contributed by atoms with Crippen molar-refractivity contribution in [1.29, 1.82) is 0 Å². The fourth-order valence-corrected chi connectivity index (χ4v) is 3.51. The predicted octanol–water partition coefficient (Wildman–Crippen LogP) is 3.90. The summed E-state index contributed by atoms with van der Waals surface area (Å²) in [7, 11) is 0. The van der Waals surface area contributed by atoms with Crippen molar-refractivity contribution in [2.45, 2.75) is 33.1 Å². The lowest BCUT2D eigenvalue weighted by Crippen LogP contribution is -2.39. The van der Waals surface area contributed by atoms with E-state index >= 15 is 0 Å². The van der Waals surface area contributed by atoms with Gasteiger partial charge in [0, 0.05) is 17.5 Å². The Bertz CT molecular complexity index is 681. The average Bonchev–Trinajstić information content (AvgIpc) is 2.99. The Morgan fingerprint density at radius 2 is 2.18 bits per heavy atom. The first-order valence-corrected chi connectivity index (χ1v) is 8.63. The summed E-state index contributed by atoms with van der Waals surface area (Å²) >= 11 is 1.70. The van der Waals surface area contributed by atoms with Crippen LogP contribution in [0.5, 0.6) is 5.75 Å². The minimum atomic E-state index is 0.0245. The number of hydrogen-bond donors (Lipinski definition) is 0. The molecule has 0 radical (unpaired) electrons. The van der Waals surface area contributed by atoms with E-state index < -0.39 is 0 Å². The Kier molecular flexibility index (Phi) is 4.43. The minimum Gasteiger partial charge on any atom is -0.482 e. The lowest BCUT2D eigenvalue weighted by molar-refractivity contribution is -0.121. The van der Waals surface area contributed by atoms with E-state index in [1.807, 2.05) is 23.1 Å². The summed E-state index contributed by atoms with van der Waals surface area (Å²) in [6.45, 7) is 5.08. The number of fused-ring (bicyclic) bond motifs is 1. The molecule has 1 aromatic heterocycles. The number of carbonyl (C=O) groups is 1. The maximum atomic E-state index is 12.1. The van der Waals surface area contributed by atoms with Crippen molar-refractivity contribution in [2.24, 2.45) is 0 Å². The molecular weight excluding hydrogens is 296 g/mol. The summed E-state index contributed by atoms with van der Waals surface area (Å²) in [4.78, 5) is 18.6. The summed E-state index contributed by atoms with van der Waals surface area (Å²) in [5, 5.41) is 3.25. The summed E-state index contributed by atoms with van der Waals surface area (Å²) in [5.74, 6) is 0.803. The molecule has 0 bridgehead atoms. The van der Waals surface area contributed by atoms with E-state index in [1.165, 1.54) is 0 Å². The molecule has 0 N–H and O–H groups in total. The number of benzene rings is 1. The molecule has 1 aliphatic heterocycles. The van der Waals surface area contributed by atoms with Gasteiger partial charge in [0.25, 0.3) is 5.91 Å². The molecule has 2 aromatic rings. The van der Waals surface area contributed by atoms with Crippen LogP contribution in [0.15, 0.2) is 23.6 Å². The van der Waals surface area contributed by atoms with E-state index in [4.69, 9.17) is 4.74 Å². The van der Waals surface area contributed by atoms with Crippen molar-refractivity contribution in [2.75, 3.05) is 18.1 Å². The van der Waals surface area contributed by atoms with E-state index in [9.17, 15) is 4.79 Å². The van der Waals surface area contributed by atoms with Crippen LogP contribution in [0, 0.1) is 0 Å². The summed E-state index contributed by atoms with van der Waals surface area (Å²) in [6.07, 6.45) is 3.04. The standard InChI is InChI=1S/C17H20N2O2S/c1-3-5-16-18-13(11-22-16)12-6-7-15-14(9-12)19(8-4-2)17(20)10-21-15/h6-7,9,11H,3-5,8,10H2,1-2H3. The van der Waals surface area contributed by atoms with Gasteiger partial charge < -0.3 is 9.64 Å². The molecule has 0 spiro atoms. The molecule has 4 nitrogen and oxygen atoms in total. The second-order valence-corrected chi connectivity index (χ2v) is 6.34. The molecule has 0 fully saturated rings. The zero-order valence-corrected chi connectivity index (χ0v) is 13.8. The number of rotatable bonds is 5. The largest absolute Gasteiger partial charge is 0.482 e. The van der Waals surface area contributed by atoms with Crippen LogP contribution in [0.25, 0.3) is 11.3 Å². The van der Waals surface area contributed by atoms with Crippen molar-refractivity contribution in [3.8, 4) is 17.0 Å². The van der Waals surface area contributed by atoms with Gasteiger partial charge in [0.05, 0.1) is 16.4 Å². The highest BCUT2D eigenvalue weighted by molar-refractivity contribution is 7.09. The molecule has 2 heterocycles. The van der Waals surface area contributed by atoms with Crippen molar-refractivity contribution < 1.29 is 9.53 Å². The molecule has 22 heavy (non-hydrogen) atoms. The van der Waals surface area contributed by atoms with Crippen LogP contribution in [-0.4, -0.2) is 24.0 Å². The van der Waals surface area contributed by atoms with E-state index in [2.05, 4.69) is 24.2 Å². The van der Waals surface area contributed by atoms with Crippen LogP contribution in [-0.2, 0) is 11.2 Å². The predicted molar refractivity (Wildman–Crippen MR) is 89.7 cm³/mol. The van der Waals surface area contributed by atoms with Gasteiger partial charge in [0.2, 0.25) is 0 Å². The fraction of sp³-hybridized carbons (Fsp3) is 0.412. The van der Waals surface area contributed by atoms with E-state index in [0.717, 1.165) is 53.5 Å². The lowest BCUT2D eigenvalue weighted by atomic mass is 10.1. The van der Waals surface area contributed by atoms with Crippen LogP contribution in [0.1, 0.15) is 31.7 Å². The topological polar surface area (TPSA) is 42.4 Å². The smallest absolute Gasteiger partial charge is 0.265 e. The third kappa shape index (κ3) is 2.86. The zero-order valence-electron chi connectivity index (χ0n) is 13.0. The molecule has 1 aliphatic rings. The number of hydrogen-bond acceptors (Lipinski definition) is 4. The van der Waals surface area contributed by atoms with Gasteiger partial charge in [-0.3, -0.25) is 4.79 Å². The molecule has 0 atom stereocenters. The molecule has 0 unspecified atom stereocenters. The zero-order chi connectivity index (χ0) is 15.5. The summed E-state index contributed by atoms with van der Waals surface area (Å²) in [5.41, 5.74) is 2.88. The maximum absolute atomic E-state index is 12.1. The Labute approximate surface area is 134 Å². The number of ether oxygens (including phenoxy) is 1. The van der Waals surface area contributed by atoms with Gasteiger partial charge in [-0.25, -0.2) is 4.98 Å². The van der Waals surface area contributed by atoms with Crippen LogP contribution in [0.2, 0.25) is 0 Å². The number of aromatic nitrogens is 1. The van der Waals surface area contributed by atoms with Gasteiger partial charge in [0.15, 0.2) is 6.61 Å². The molecule has 1 aromatic carbocycles. The number of anilines is 1. The second kappa shape index (κ2) is 6.48. The number of carbonyl (C=O) groups excluding carboxylic acids is 1. The van der Waals surface area contributed by atoms with E-state index in [1.54, 1.807) is 11.3 Å². The first kappa shape index (κ1) is 15.0. The van der Waals surface area contributed by atoms with Crippen LogP contribution >= 0.6 is 11.3 Å². The van der Waals surface area contributed by atoms with Crippen molar-refractivity contribution >= 4 is 22.9 Å². The Morgan fingerprint density at radius 3 is 2.95 bits per heavy atom. The fourth-order valence-electron chi connectivity index (χ4n) is 2.60. The second-order valence-electron chi connectivity index (χ2n) is 5.39. The molecule has 3 rings (SSSR count). The SMILES string of the molecule is CCCc1nc(-c2ccc3c(c2)N(CCC)C(=O)CO3)cs1. The molecule has 0 aliphatic carbocycles. The molecule has 0 saturated heterocycles. The highest BCUT2D eigenvalue weighted by atomic mass is 32.1. The molecule has 5 heteroatoms. The molecule has 0 saturated carbocycles. The van der Waals surface area contributed by atoms with Gasteiger partial charge in [-0.1, -0.05) is 13.8 Å². The molecule has 116 valence electrons. The van der Waals surface area contributed by atoms with Crippen LogP contribution in [0.4, 0.5) is 5.69 Å². The van der Waals surface area contributed by atoms with Gasteiger partial charge in [-0.15, -0.1) is 11.3 Å². The van der Waals surface area contributed by atoms with Gasteiger partial charge in [-0.05, 0) is 37.5 Å². The highest BCUT2D eigenvalue weighted by Gasteiger charge is 2.25. The third-order valence-corrected chi connectivity index (χ3v) is 4.57. The Morgan fingerprint density at radius 1 is 1.32 bits per heavy atom. The summed E-state index contributed by atoms with van der Waals surface area (Å²) in [6, 6.07) is 5.98. The van der Waals surface area contributed by atoms with Gasteiger partial charge in [-0.2, -0.15) is 0 Å². The average molecular weight is 316 g/mol. The third-order valence-electron chi connectivity index (χ3n) is 3.66. The Hall–Kier alpha value is -1.88. The van der Waals surface area contributed by atoms with Crippen molar-refractivity contribution in [3.05, 3.63) is 28.6 Å². The highest BCUT2D eigenvalue weighted by Crippen LogP contribution is 2.36. The number of nitrogens with zero attached hydrogens (tertiary/aromatic N) is 2. The Balaban J connectivity index is 1.96. The first-order chi connectivity index (χ1) is 10.7.